The molecule has 0 radical (unpaired) electrons. The van der Waals surface area contributed by atoms with E-state index in [1.807, 2.05) is 11.0 Å². The molecule has 102 valence electrons. The largest absolute Gasteiger partial charge is 0.493 e. The average Bonchev–Trinajstić information content (AvgIpc) is 2.88. The Morgan fingerprint density at radius 2 is 1.89 bits per heavy atom. The normalized spacial score (nSPS) is 21.7. The highest BCUT2D eigenvalue weighted by Gasteiger charge is 2.34. The Morgan fingerprint density at radius 3 is 2.63 bits per heavy atom. The van der Waals surface area contributed by atoms with Crippen LogP contribution in [0.25, 0.3) is 0 Å². The van der Waals surface area contributed by atoms with Gasteiger partial charge in [0.1, 0.15) is 0 Å². The number of benzene rings is 1. The minimum atomic E-state index is 0.227. The van der Waals surface area contributed by atoms with E-state index in [-0.39, 0.29) is 11.9 Å². The van der Waals surface area contributed by atoms with Gasteiger partial charge in [-0.15, -0.1) is 0 Å². The maximum absolute atomic E-state index is 12.1. The molecule has 0 spiro atoms. The van der Waals surface area contributed by atoms with Crippen LogP contribution in [0.5, 0.6) is 11.5 Å². The number of carbonyl (C=O) groups excluding carboxylic acids is 1. The standard InChI is InChI=1S/C15H19NO3/c1-18-13-8-10-5-6-15(17)16-7-3-4-12(16)11(10)9-14(13)19-2/h8-9,12H,3-7H2,1-2H3. The van der Waals surface area contributed by atoms with E-state index in [0.717, 1.165) is 37.3 Å². The fraction of sp³-hybridized carbons (Fsp3) is 0.533. The first-order chi connectivity index (χ1) is 9.24. The Morgan fingerprint density at radius 1 is 1.16 bits per heavy atom. The molecule has 0 saturated carbocycles. The molecule has 2 aliphatic rings. The minimum Gasteiger partial charge on any atom is -0.493 e. The zero-order valence-electron chi connectivity index (χ0n) is 11.4. The summed E-state index contributed by atoms with van der Waals surface area (Å²) in [6.07, 6.45) is 3.53. The molecule has 0 aromatic heterocycles. The number of carbonyl (C=O) groups is 1. The van der Waals surface area contributed by atoms with Gasteiger partial charge in [-0.3, -0.25) is 4.79 Å². The van der Waals surface area contributed by atoms with Crippen molar-refractivity contribution in [2.45, 2.75) is 31.7 Å². The van der Waals surface area contributed by atoms with Crippen LogP contribution in [0.15, 0.2) is 12.1 Å². The lowest BCUT2D eigenvalue weighted by Gasteiger charge is -2.24. The van der Waals surface area contributed by atoms with Gasteiger partial charge in [0.15, 0.2) is 11.5 Å². The molecule has 1 saturated heterocycles. The highest BCUT2D eigenvalue weighted by Crippen LogP contribution is 2.41. The van der Waals surface area contributed by atoms with Gasteiger partial charge in [-0.2, -0.15) is 0 Å². The van der Waals surface area contributed by atoms with Crippen LogP contribution < -0.4 is 9.47 Å². The molecule has 0 bridgehead atoms. The Bertz CT molecular complexity index is 512. The van der Waals surface area contributed by atoms with Gasteiger partial charge in [0, 0.05) is 13.0 Å². The van der Waals surface area contributed by atoms with Crippen molar-refractivity contribution in [3.8, 4) is 11.5 Å². The first kappa shape index (κ1) is 12.3. The molecule has 4 heteroatoms. The number of nitrogens with zero attached hydrogens (tertiary/aromatic N) is 1. The fourth-order valence-corrected chi connectivity index (χ4v) is 3.24. The van der Waals surface area contributed by atoms with E-state index in [2.05, 4.69) is 6.07 Å². The summed E-state index contributed by atoms with van der Waals surface area (Å²) in [4.78, 5) is 14.2. The molecule has 0 N–H and O–H groups in total. The Balaban J connectivity index is 2.10. The van der Waals surface area contributed by atoms with E-state index in [1.165, 1.54) is 11.1 Å². The summed E-state index contributed by atoms with van der Waals surface area (Å²) in [5.74, 6) is 1.78. The molecule has 1 aromatic rings. The molecule has 1 amide bonds. The van der Waals surface area contributed by atoms with Gasteiger partial charge in [0.25, 0.3) is 0 Å². The van der Waals surface area contributed by atoms with Crippen molar-refractivity contribution < 1.29 is 14.3 Å². The molecule has 1 atom stereocenters. The van der Waals surface area contributed by atoms with Gasteiger partial charge >= 0.3 is 0 Å². The van der Waals surface area contributed by atoms with Crippen molar-refractivity contribution in [3.05, 3.63) is 23.3 Å². The number of methoxy groups -OCH3 is 2. The number of ether oxygens (including phenoxy) is 2. The summed E-state index contributed by atoms with van der Waals surface area (Å²) < 4.78 is 10.7. The first-order valence-corrected chi connectivity index (χ1v) is 6.79. The lowest BCUT2D eigenvalue weighted by Crippen LogP contribution is -2.28. The van der Waals surface area contributed by atoms with E-state index in [4.69, 9.17) is 9.47 Å². The van der Waals surface area contributed by atoms with Crippen LogP contribution in [0, 0.1) is 0 Å². The third-order valence-electron chi connectivity index (χ3n) is 4.19. The van der Waals surface area contributed by atoms with Crippen molar-refractivity contribution in [1.29, 1.82) is 0 Å². The maximum atomic E-state index is 12.1. The second-order valence-corrected chi connectivity index (χ2v) is 5.15. The SMILES string of the molecule is COc1cc2c(cc1OC)C1CCCN1C(=O)CC2. The van der Waals surface area contributed by atoms with Crippen LogP contribution in [-0.2, 0) is 11.2 Å². The summed E-state index contributed by atoms with van der Waals surface area (Å²) >= 11 is 0. The van der Waals surface area contributed by atoms with Crippen LogP contribution in [0.2, 0.25) is 0 Å². The van der Waals surface area contributed by atoms with Crippen LogP contribution in [-0.4, -0.2) is 31.6 Å². The molecule has 0 aliphatic carbocycles. The highest BCUT2D eigenvalue weighted by molar-refractivity contribution is 5.78. The quantitative estimate of drug-likeness (QED) is 0.820. The lowest BCUT2D eigenvalue weighted by atomic mass is 9.96. The Hall–Kier alpha value is -1.71. The lowest BCUT2D eigenvalue weighted by molar-refractivity contribution is -0.131. The van der Waals surface area contributed by atoms with Crippen LogP contribution in [0.4, 0.5) is 0 Å². The number of fused-ring (bicyclic) bond motifs is 3. The summed E-state index contributed by atoms with van der Waals surface area (Å²) in [5, 5.41) is 0. The number of aryl methyl sites for hydroxylation is 1. The molecule has 3 rings (SSSR count). The van der Waals surface area contributed by atoms with Gasteiger partial charge in [-0.1, -0.05) is 0 Å². The molecule has 4 nitrogen and oxygen atoms in total. The monoisotopic (exact) mass is 261 g/mol. The summed E-state index contributed by atoms with van der Waals surface area (Å²) in [7, 11) is 3.30. The van der Waals surface area contributed by atoms with Crippen molar-refractivity contribution in [2.75, 3.05) is 20.8 Å². The molecule has 1 aromatic carbocycles. The summed E-state index contributed by atoms with van der Waals surface area (Å²) in [5.41, 5.74) is 2.46. The van der Waals surface area contributed by atoms with Crippen molar-refractivity contribution in [2.24, 2.45) is 0 Å². The van der Waals surface area contributed by atoms with E-state index in [0.29, 0.717) is 6.42 Å². The predicted octanol–water partition coefficient (Wildman–Crippen LogP) is 2.31. The minimum absolute atomic E-state index is 0.227. The van der Waals surface area contributed by atoms with Gasteiger partial charge < -0.3 is 14.4 Å². The molecule has 1 unspecified atom stereocenters. The summed E-state index contributed by atoms with van der Waals surface area (Å²) in [6.45, 7) is 0.886. The Labute approximate surface area is 113 Å². The third kappa shape index (κ3) is 1.95. The zero-order valence-corrected chi connectivity index (χ0v) is 11.4. The topological polar surface area (TPSA) is 38.8 Å². The average molecular weight is 261 g/mol. The second-order valence-electron chi connectivity index (χ2n) is 5.15. The smallest absolute Gasteiger partial charge is 0.223 e. The van der Waals surface area contributed by atoms with Crippen LogP contribution in [0.1, 0.15) is 36.4 Å². The predicted molar refractivity (Wildman–Crippen MR) is 71.6 cm³/mol. The highest BCUT2D eigenvalue weighted by atomic mass is 16.5. The summed E-state index contributed by atoms with van der Waals surface area (Å²) in [6, 6.07) is 4.31. The van der Waals surface area contributed by atoms with E-state index in [9.17, 15) is 4.79 Å². The molecule has 2 heterocycles. The van der Waals surface area contributed by atoms with Crippen molar-refractivity contribution in [1.82, 2.24) is 4.90 Å². The number of hydrogen-bond acceptors (Lipinski definition) is 3. The fourth-order valence-electron chi connectivity index (χ4n) is 3.24. The van der Waals surface area contributed by atoms with E-state index < -0.39 is 0 Å². The third-order valence-corrected chi connectivity index (χ3v) is 4.19. The number of rotatable bonds is 2. The van der Waals surface area contributed by atoms with Gasteiger partial charge in [0.05, 0.1) is 20.3 Å². The van der Waals surface area contributed by atoms with E-state index in [1.54, 1.807) is 14.2 Å². The number of amides is 1. The van der Waals surface area contributed by atoms with Crippen molar-refractivity contribution >= 4 is 5.91 Å². The molecule has 19 heavy (non-hydrogen) atoms. The van der Waals surface area contributed by atoms with Gasteiger partial charge in [-0.25, -0.2) is 0 Å². The van der Waals surface area contributed by atoms with Gasteiger partial charge in [-0.05, 0) is 42.5 Å². The first-order valence-electron chi connectivity index (χ1n) is 6.79. The number of hydrogen-bond donors (Lipinski definition) is 0. The van der Waals surface area contributed by atoms with E-state index >= 15 is 0 Å². The second kappa shape index (κ2) is 4.76. The van der Waals surface area contributed by atoms with Gasteiger partial charge in [0.2, 0.25) is 5.91 Å². The molecule has 1 fully saturated rings. The van der Waals surface area contributed by atoms with Crippen molar-refractivity contribution in [3.63, 3.8) is 0 Å². The van der Waals surface area contributed by atoms with Crippen LogP contribution >= 0.6 is 0 Å². The molecular formula is C15H19NO3. The maximum Gasteiger partial charge on any atom is 0.223 e. The Kier molecular flexibility index (Phi) is 3.09. The molecule has 2 aliphatic heterocycles. The zero-order chi connectivity index (χ0) is 13.4. The van der Waals surface area contributed by atoms with Crippen LogP contribution in [0.3, 0.4) is 0 Å². The molecular weight excluding hydrogens is 242 g/mol.